The van der Waals surface area contributed by atoms with Gasteiger partial charge in [0.05, 0.1) is 12.1 Å². The Kier molecular flexibility index (Phi) is 7.57. The number of carboxylic acids is 1. The molecule has 0 aliphatic carbocycles. The lowest BCUT2D eigenvalue weighted by atomic mass is 9.64. The van der Waals surface area contributed by atoms with Gasteiger partial charge in [-0.2, -0.15) is 0 Å². The van der Waals surface area contributed by atoms with E-state index in [1.54, 1.807) is 0 Å². The zero-order chi connectivity index (χ0) is 27.0. The first kappa shape index (κ1) is 26.8. The molecular weight excluding hydrogens is 493 g/mol. The molecule has 0 spiro atoms. The molecule has 5 nitrogen and oxygen atoms in total. The third-order valence-electron chi connectivity index (χ3n) is 8.47. The minimum absolute atomic E-state index is 0.0107. The number of halogens is 1. The van der Waals surface area contributed by atoms with E-state index < -0.39 is 5.97 Å². The summed E-state index contributed by atoms with van der Waals surface area (Å²) in [5.41, 5.74) is 10.0. The lowest BCUT2D eigenvalue weighted by molar-refractivity contribution is -0.136. The molecule has 0 radical (unpaired) electrons. The van der Waals surface area contributed by atoms with Crippen LogP contribution in [0.3, 0.4) is 0 Å². The average molecular weight is 530 g/mol. The molecule has 198 valence electrons. The number of fused-ring (bicyclic) bond motifs is 1. The van der Waals surface area contributed by atoms with Crippen molar-refractivity contribution < 1.29 is 9.90 Å². The van der Waals surface area contributed by atoms with Crippen LogP contribution in [0.1, 0.15) is 53.3 Å². The van der Waals surface area contributed by atoms with Crippen molar-refractivity contribution in [2.45, 2.75) is 64.9 Å². The Balaban J connectivity index is 1.46. The predicted octanol–water partition coefficient (Wildman–Crippen LogP) is 5.62. The molecule has 0 saturated carbocycles. The standard InChI is InChI=1S/C31H37BClN3O2/c1-20-5-4-6-28(33)27(20)19-35-12-9-22-15-23(7-8-24(22)18-35)26-17-34-21(2)25(16-29(37)38)30(26)36-13-10-31(3,32)11-14-36/h4-8,15,17H,9-14,16,18-19,32H2,1-3H3,(H,37,38). The van der Waals surface area contributed by atoms with Crippen LogP contribution in [0.5, 0.6) is 0 Å². The van der Waals surface area contributed by atoms with Gasteiger partial charge in [0.1, 0.15) is 7.85 Å². The number of carbonyl (C=O) groups is 1. The summed E-state index contributed by atoms with van der Waals surface area (Å²) in [6, 6.07) is 12.9. The Bertz CT molecular complexity index is 1340. The van der Waals surface area contributed by atoms with Crippen LogP contribution >= 0.6 is 11.6 Å². The molecule has 2 aliphatic rings. The van der Waals surface area contributed by atoms with Crippen molar-refractivity contribution in [2.24, 2.45) is 0 Å². The molecule has 38 heavy (non-hydrogen) atoms. The molecule has 1 N–H and O–H groups in total. The van der Waals surface area contributed by atoms with E-state index in [4.69, 9.17) is 11.6 Å². The van der Waals surface area contributed by atoms with Gasteiger partial charge in [0.15, 0.2) is 0 Å². The normalized spacial score (nSPS) is 17.3. The zero-order valence-electron chi connectivity index (χ0n) is 23.0. The van der Waals surface area contributed by atoms with E-state index in [1.807, 2.05) is 25.3 Å². The summed E-state index contributed by atoms with van der Waals surface area (Å²) in [5, 5.41) is 10.9. The highest BCUT2D eigenvalue weighted by atomic mass is 35.5. The van der Waals surface area contributed by atoms with E-state index in [1.165, 1.54) is 22.3 Å². The second kappa shape index (κ2) is 10.7. The SMILES string of the molecule is BC1(C)CCN(c2c(-c3ccc4c(c3)CCN(Cc3c(C)cccc3Cl)C4)cnc(C)c2CC(=O)O)CC1. The van der Waals surface area contributed by atoms with Crippen LogP contribution in [-0.2, 0) is 30.7 Å². The first-order chi connectivity index (χ1) is 18.1. The Morgan fingerprint density at radius 3 is 2.58 bits per heavy atom. The zero-order valence-corrected chi connectivity index (χ0v) is 23.7. The van der Waals surface area contributed by atoms with Gasteiger partial charge in [-0.3, -0.25) is 14.7 Å². The van der Waals surface area contributed by atoms with E-state index in [9.17, 15) is 9.90 Å². The Morgan fingerprint density at radius 1 is 1.11 bits per heavy atom. The van der Waals surface area contributed by atoms with E-state index in [0.717, 1.165) is 85.1 Å². The van der Waals surface area contributed by atoms with Gasteiger partial charge in [0, 0.05) is 60.8 Å². The summed E-state index contributed by atoms with van der Waals surface area (Å²) in [4.78, 5) is 21.4. The first-order valence-corrected chi connectivity index (χ1v) is 14.0. The Labute approximate surface area is 232 Å². The molecule has 5 rings (SSSR count). The fourth-order valence-corrected chi connectivity index (χ4v) is 6.19. The fourth-order valence-electron chi connectivity index (χ4n) is 5.91. The second-order valence-corrected chi connectivity index (χ2v) is 12.2. The van der Waals surface area contributed by atoms with Gasteiger partial charge in [-0.05, 0) is 67.0 Å². The highest BCUT2D eigenvalue weighted by Gasteiger charge is 2.29. The number of hydrogen-bond donors (Lipinski definition) is 1. The molecule has 0 amide bonds. The summed E-state index contributed by atoms with van der Waals surface area (Å²) in [6.45, 7) is 11.0. The van der Waals surface area contributed by atoms with Crippen LogP contribution in [0, 0.1) is 13.8 Å². The Hall–Kier alpha value is -2.83. The van der Waals surface area contributed by atoms with Gasteiger partial charge in [0.2, 0.25) is 0 Å². The minimum atomic E-state index is -0.815. The van der Waals surface area contributed by atoms with Crippen LogP contribution < -0.4 is 4.90 Å². The number of pyridine rings is 1. The highest BCUT2D eigenvalue weighted by Crippen LogP contribution is 2.42. The molecule has 0 atom stereocenters. The van der Waals surface area contributed by atoms with Crippen LogP contribution in [0.15, 0.2) is 42.6 Å². The van der Waals surface area contributed by atoms with Gasteiger partial charge in [-0.1, -0.05) is 54.2 Å². The summed E-state index contributed by atoms with van der Waals surface area (Å²) in [6.07, 6.45) is 5.09. The van der Waals surface area contributed by atoms with E-state index >= 15 is 0 Å². The number of aliphatic carboxylic acids is 1. The summed E-state index contributed by atoms with van der Waals surface area (Å²) in [5.74, 6) is -0.815. The van der Waals surface area contributed by atoms with Crippen molar-refractivity contribution in [3.05, 3.63) is 81.1 Å². The van der Waals surface area contributed by atoms with Gasteiger partial charge in [0.25, 0.3) is 0 Å². The number of benzene rings is 2. The van der Waals surface area contributed by atoms with Gasteiger partial charge in [-0.25, -0.2) is 0 Å². The largest absolute Gasteiger partial charge is 0.481 e. The maximum atomic E-state index is 11.8. The lowest BCUT2D eigenvalue weighted by Gasteiger charge is -2.40. The molecule has 1 aromatic heterocycles. The van der Waals surface area contributed by atoms with Crippen molar-refractivity contribution in [3.8, 4) is 11.1 Å². The first-order valence-electron chi connectivity index (χ1n) is 13.6. The smallest absolute Gasteiger partial charge is 0.307 e. The minimum Gasteiger partial charge on any atom is -0.481 e. The third-order valence-corrected chi connectivity index (χ3v) is 8.82. The highest BCUT2D eigenvalue weighted by molar-refractivity contribution is 6.31. The number of aromatic nitrogens is 1. The summed E-state index contributed by atoms with van der Waals surface area (Å²) < 4.78 is 0. The lowest BCUT2D eigenvalue weighted by Crippen LogP contribution is -2.37. The van der Waals surface area contributed by atoms with Gasteiger partial charge in [-0.15, -0.1) is 0 Å². The van der Waals surface area contributed by atoms with Gasteiger partial charge < -0.3 is 10.0 Å². The quantitative estimate of drug-likeness (QED) is 0.420. The molecule has 2 aromatic carbocycles. The molecular formula is C31H37BClN3O2. The topological polar surface area (TPSA) is 56.7 Å². The maximum absolute atomic E-state index is 11.8. The Morgan fingerprint density at radius 2 is 1.87 bits per heavy atom. The van der Waals surface area contributed by atoms with Crippen molar-refractivity contribution in [2.75, 3.05) is 24.5 Å². The number of carboxylic acid groups (broad SMARTS) is 1. The van der Waals surface area contributed by atoms with Gasteiger partial charge >= 0.3 is 5.97 Å². The molecule has 7 heteroatoms. The number of rotatable bonds is 6. The van der Waals surface area contributed by atoms with E-state index in [0.29, 0.717) is 5.31 Å². The molecule has 3 heterocycles. The molecule has 1 saturated heterocycles. The summed E-state index contributed by atoms with van der Waals surface area (Å²) >= 11 is 6.51. The number of anilines is 1. The van der Waals surface area contributed by atoms with Crippen molar-refractivity contribution in [3.63, 3.8) is 0 Å². The van der Waals surface area contributed by atoms with Crippen LogP contribution in [0.25, 0.3) is 11.1 Å². The van der Waals surface area contributed by atoms with Crippen LogP contribution in [0.4, 0.5) is 5.69 Å². The number of piperidine rings is 1. The monoisotopic (exact) mass is 529 g/mol. The number of hydrogen-bond acceptors (Lipinski definition) is 4. The van der Waals surface area contributed by atoms with Crippen LogP contribution in [0.2, 0.25) is 10.3 Å². The average Bonchev–Trinajstić information content (AvgIpc) is 2.87. The molecule has 0 bridgehead atoms. The fraction of sp³-hybridized carbons (Fsp3) is 0.419. The van der Waals surface area contributed by atoms with Crippen molar-refractivity contribution >= 4 is 31.1 Å². The third kappa shape index (κ3) is 5.62. The predicted molar refractivity (Wildman–Crippen MR) is 158 cm³/mol. The molecule has 3 aromatic rings. The van der Waals surface area contributed by atoms with Crippen molar-refractivity contribution in [1.82, 2.24) is 9.88 Å². The molecule has 0 unspecified atom stereocenters. The number of nitrogens with zero attached hydrogens (tertiary/aromatic N) is 3. The van der Waals surface area contributed by atoms with Crippen molar-refractivity contribution in [1.29, 1.82) is 0 Å². The maximum Gasteiger partial charge on any atom is 0.307 e. The molecule has 1 fully saturated rings. The summed E-state index contributed by atoms with van der Waals surface area (Å²) in [7, 11) is 2.32. The second-order valence-electron chi connectivity index (χ2n) is 11.8. The van der Waals surface area contributed by atoms with Crippen LogP contribution in [-0.4, -0.2) is 48.4 Å². The van der Waals surface area contributed by atoms with E-state index in [2.05, 4.69) is 60.7 Å². The van der Waals surface area contributed by atoms with E-state index in [-0.39, 0.29) is 6.42 Å². The number of aryl methyl sites for hydroxylation is 2. The molecule has 2 aliphatic heterocycles.